The Hall–Kier alpha value is -0.870. The maximum atomic E-state index is 12.7. The van der Waals surface area contributed by atoms with Gasteiger partial charge < -0.3 is 0 Å². The van der Waals surface area contributed by atoms with E-state index in [4.69, 9.17) is 0 Å². The molecule has 0 unspecified atom stereocenters. The van der Waals surface area contributed by atoms with Gasteiger partial charge in [0.15, 0.2) is 0 Å². The highest BCUT2D eigenvalue weighted by Crippen LogP contribution is 2.62. The van der Waals surface area contributed by atoms with Gasteiger partial charge in [-0.1, -0.05) is 38.5 Å². The highest BCUT2D eigenvalue weighted by molar-refractivity contribution is 7.89. The minimum atomic E-state index is -3.44. The van der Waals surface area contributed by atoms with Crippen molar-refractivity contribution < 1.29 is 8.42 Å². The van der Waals surface area contributed by atoms with Crippen molar-refractivity contribution in [1.82, 2.24) is 4.72 Å². The van der Waals surface area contributed by atoms with Gasteiger partial charge in [-0.25, -0.2) is 13.1 Å². The lowest BCUT2D eigenvalue weighted by Gasteiger charge is -2.42. The summed E-state index contributed by atoms with van der Waals surface area (Å²) in [6.45, 7) is 8.63. The molecule has 2 fully saturated rings. The number of nitrogens with one attached hydrogen (secondary N) is 1. The largest absolute Gasteiger partial charge is 0.240 e. The van der Waals surface area contributed by atoms with Crippen molar-refractivity contribution >= 4 is 10.0 Å². The third-order valence-electron chi connectivity index (χ3n) is 5.87. The highest BCUT2D eigenvalue weighted by Gasteiger charge is 2.60. The highest BCUT2D eigenvalue weighted by atomic mass is 32.2. The Labute approximate surface area is 128 Å². The van der Waals surface area contributed by atoms with E-state index in [1.807, 2.05) is 19.1 Å². The first kappa shape index (κ1) is 15.0. The summed E-state index contributed by atoms with van der Waals surface area (Å²) in [6, 6.07) is 7.11. The minimum Gasteiger partial charge on any atom is -0.207 e. The second kappa shape index (κ2) is 4.56. The monoisotopic (exact) mass is 307 g/mol. The lowest BCUT2D eigenvalue weighted by molar-refractivity contribution is 0.127. The van der Waals surface area contributed by atoms with Gasteiger partial charge in [0.05, 0.1) is 4.90 Å². The Balaban J connectivity index is 1.91. The summed E-state index contributed by atoms with van der Waals surface area (Å²) in [7, 11) is -3.44. The molecule has 3 atom stereocenters. The fourth-order valence-corrected chi connectivity index (χ4v) is 6.07. The predicted molar refractivity (Wildman–Crippen MR) is 84.5 cm³/mol. The quantitative estimate of drug-likeness (QED) is 0.929. The van der Waals surface area contributed by atoms with E-state index in [0.717, 1.165) is 18.4 Å². The fraction of sp³-hybridized carbons (Fsp3) is 0.647. The normalized spacial score (nSPS) is 34.3. The molecule has 21 heavy (non-hydrogen) atoms. The van der Waals surface area contributed by atoms with Crippen LogP contribution in [-0.2, 0) is 10.0 Å². The molecule has 116 valence electrons. The molecule has 4 heteroatoms. The Morgan fingerprint density at radius 3 is 2.29 bits per heavy atom. The van der Waals surface area contributed by atoms with Crippen LogP contribution in [0.15, 0.2) is 29.2 Å². The van der Waals surface area contributed by atoms with Crippen LogP contribution in [-0.4, -0.2) is 14.5 Å². The molecule has 0 amide bonds. The van der Waals surface area contributed by atoms with Crippen LogP contribution >= 0.6 is 0 Å². The van der Waals surface area contributed by atoms with Crippen LogP contribution < -0.4 is 4.72 Å². The van der Waals surface area contributed by atoms with E-state index in [1.54, 1.807) is 12.1 Å². The molecule has 0 aromatic heterocycles. The zero-order valence-corrected chi connectivity index (χ0v) is 14.1. The van der Waals surface area contributed by atoms with Crippen molar-refractivity contribution in [2.45, 2.75) is 57.9 Å². The van der Waals surface area contributed by atoms with Crippen molar-refractivity contribution in [3.8, 4) is 0 Å². The van der Waals surface area contributed by atoms with Crippen molar-refractivity contribution in [1.29, 1.82) is 0 Å². The molecule has 3 nitrogen and oxygen atoms in total. The maximum Gasteiger partial charge on any atom is 0.240 e. The SMILES string of the molecule is Cc1ccc(S(=O)(=O)N[C@H]2C(C)(C)[C@@H]3CC[C@@]2(C)C3)cc1. The molecule has 1 aromatic carbocycles. The number of rotatable bonds is 3. The molecule has 2 aliphatic carbocycles. The summed E-state index contributed by atoms with van der Waals surface area (Å²) < 4.78 is 28.4. The van der Waals surface area contributed by atoms with Crippen molar-refractivity contribution in [3.05, 3.63) is 29.8 Å². The first-order valence-electron chi connectivity index (χ1n) is 7.74. The number of hydrogen-bond donors (Lipinski definition) is 1. The molecule has 0 spiro atoms. The molecule has 2 aliphatic rings. The molecular weight excluding hydrogens is 282 g/mol. The van der Waals surface area contributed by atoms with E-state index in [2.05, 4.69) is 25.5 Å². The molecule has 0 saturated heterocycles. The van der Waals surface area contributed by atoms with Crippen LogP contribution in [0.1, 0.15) is 45.6 Å². The molecule has 1 N–H and O–H groups in total. The van der Waals surface area contributed by atoms with Crippen LogP contribution in [0.4, 0.5) is 0 Å². The Morgan fingerprint density at radius 2 is 1.76 bits per heavy atom. The third kappa shape index (κ3) is 2.33. The molecule has 0 radical (unpaired) electrons. The summed E-state index contributed by atoms with van der Waals surface area (Å²) in [5.74, 6) is 0.633. The standard InChI is InChI=1S/C17H25NO2S/c1-12-5-7-14(8-6-12)21(19,20)18-15-16(2,3)13-9-10-17(15,4)11-13/h5-8,13,15,18H,9-11H2,1-4H3/t13-,15+,17+/m1/s1. The van der Waals surface area contributed by atoms with E-state index in [1.165, 1.54) is 6.42 Å². The molecule has 3 rings (SSSR count). The average Bonchev–Trinajstić information content (AvgIpc) is 2.87. The van der Waals surface area contributed by atoms with Gasteiger partial charge in [-0.2, -0.15) is 0 Å². The zero-order chi connectivity index (χ0) is 15.5. The summed E-state index contributed by atoms with van der Waals surface area (Å²) in [5, 5.41) is 0. The lowest BCUT2D eigenvalue weighted by Crippen LogP contribution is -2.52. The van der Waals surface area contributed by atoms with Crippen molar-refractivity contribution in [3.63, 3.8) is 0 Å². The van der Waals surface area contributed by atoms with Crippen LogP contribution in [0.2, 0.25) is 0 Å². The van der Waals surface area contributed by atoms with Crippen LogP contribution in [0.3, 0.4) is 0 Å². The summed E-state index contributed by atoms with van der Waals surface area (Å²) >= 11 is 0. The van der Waals surface area contributed by atoms with Gasteiger partial charge in [0, 0.05) is 6.04 Å². The molecule has 2 saturated carbocycles. The number of benzene rings is 1. The van der Waals surface area contributed by atoms with E-state index in [0.29, 0.717) is 10.8 Å². The minimum absolute atomic E-state index is 0.0232. The molecule has 2 bridgehead atoms. The maximum absolute atomic E-state index is 12.7. The van der Waals surface area contributed by atoms with Gasteiger partial charge in [-0.3, -0.25) is 0 Å². The molecule has 1 aromatic rings. The topological polar surface area (TPSA) is 46.2 Å². The van der Waals surface area contributed by atoms with E-state index < -0.39 is 10.0 Å². The van der Waals surface area contributed by atoms with Crippen molar-refractivity contribution in [2.75, 3.05) is 0 Å². The van der Waals surface area contributed by atoms with Crippen molar-refractivity contribution in [2.24, 2.45) is 16.7 Å². The lowest BCUT2D eigenvalue weighted by atomic mass is 9.69. The smallest absolute Gasteiger partial charge is 0.207 e. The number of sulfonamides is 1. The Bertz CT molecular complexity index is 643. The molecule has 0 heterocycles. The van der Waals surface area contributed by atoms with Crippen LogP contribution in [0, 0.1) is 23.7 Å². The van der Waals surface area contributed by atoms with Gasteiger partial charge in [0.25, 0.3) is 0 Å². The first-order chi connectivity index (χ1) is 9.65. The summed E-state index contributed by atoms with van der Waals surface area (Å²) in [6.07, 6.45) is 3.50. The Morgan fingerprint density at radius 1 is 1.14 bits per heavy atom. The fourth-order valence-electron chi connectivity index (χ4n) is 4.54. The summed E-state index contributed by atoms with van der Waals surface area (Å²) in [4.78, 5) is 0.371. The first-order valence-corrected chi connectivity index (χ1v) is 9.22. The average molecular weight is 307 g/mol. The number of aryl methyl sites for hydroxylation is 1. The molecular formula is C17H25NO2S. The molecule has 0 aliphatic heterocycles. The third-order valence-corrected chi connectivity index (χ3v) is 7.31. The number of fused-ring (bicyclic) bond motifs is 2. The second-order valence-corrected chi connectivity index (χ2v) is 9.50. The van der Waals surface area contributed by atoms with Crippen LogP contribution in [0.25, 0.3) is 0 Å². The van der Waals surface area contributed by atoms with E-state index >= 15 is 0 Å². The van der Waals surface area contributed by atoms with Gasteiger partial charge in [-0.05, 0) is 55.1 Å². The Kier molecular flexibility index (Phi) is 3.27. The van der Waals surface area contributed by atoms with Gasteiger partial charge in [0.1, 0.15) is 0 Å². The zero-order valence-electron chi connectivity index (χ0n) is 13.3. The van der Waals surface area contributed by atoms with Gasteiger partial charge >= 0.3 is 0 Å². The van der Waals surface area contributed by atoms with Gasteiger partial charge in [-0.15, -0.1) is 0 Å². The summed E-state index contributed by atoms with van der Waals surface area (Å²) in [5.41, 5.74) is 1.21. The van der Waals surface area contributed by atoms with Gasteiger partial charge in [0.2, 0.25) is 10.0 Å². The second-order valence-electron chi connectivity index (χ2n) is 7.78. The number of hydrogen-bond acceptors (Lipinski definition) is 2. The van der Waals surface area contributed by atoms with E-state index in [9.17, 15) is 8.42 Å². The van der Waals surface area contributed by atoms with E-state index in [-0.39, 0.29) is 16.9 Å². The predicted octanol–water partition coefficient (Wildman–Crippen LogP) is 3.49. The van der Waals surface area contributed by atoms with Crippen LogP contribution in [0.5, 0.6) is 0 Å².